The van der Waals surface area contributed by atoms with Crippen LogP contribution >= 0.6 is 11.6 Å². The summed E-state index contributed by atoms with van der Waals surface area (Å²) in [5, 5.41) is 11.6. The van der Waals surface area contributed by atoms with Crippen molar-refractivity contribution in [1.82, 2.24) is 0 Å². The Bertz CT molecular complexity index is 966. The van der Waals surface area contributed by atoms with Gasteiger partial charge in [0.05, 0.1) is 5.57 Å². The minimum atomic E-state index is -1.07. The Hall–Kier alpha value is -2.88. The van der Waals surface area contributed by atoms with Gasteiger partial charge in [0.2, 0.25) is 0 Å². The Morgan fingerprint density at radius 1 is 0.769 bits per heavy atom. The van der Waals surface area contributed by atoms with E-state index < -0.39 is 6.23 Å². The molecule has 3 aromatic rings. The highest BCUT2D eigenvalue weighted by Gasteiger charge is 2.40. The Morgan fingerprint density at radius 2 is 1.31 bits per heavy atom. The summed E-state index contributed by atoms with van der Waals surface area (Å²) in [5.74, 6) is -0.232. The summed E-state index contributed by atoms with van der Waals surface area (Å²) in [4.78, 5) is 14.7. The van der Waals surface area contributed by atoms with Gasteiger partial charge in [0.25, 0.3) is 5.91 Å². The molecule has 0 radical (unpaired) electrons. The standard InChI is InChI=1S/C22H16ClNO2/c23-17-11-13-18(14-12-17)24-21(25)19(15-7-3-1-4-8-15)20(22(24)26)16-9-5-2-6-10-16/h1-14,21,25H. The van der Waals surface area contributed by atoms with Crippen LogP contribution in [0.1, 0.15) is 11.1 Å². The number of benzene rings is 3. The van der Waals surface area contributed by atoms with Crippen molar-refractivity contribution in [3.8, 4) is 0 Å². The zero-order valence-corrected chi connectivity index (χ0v) is 14.6. The molecule has 4 rings (SSSR count). The van der Waals surface area contributed by atoms with E-state index in [4.69, 9.17) is 11.6 Å². The molecule has 0 fully saturated rings. The van der Waals surface area contributed by atoms with Gasteiger partial charge in [-0.1, -0.05) is 72.3 Å². The van der Waals surface area contributed by atoms with Gasteiger partial charge in [0.15, 0.2) is 6.23 Å². The summed E-state index contributed by atoms with van der Waals surface area (Å²) in [5.41, 5.74) is 3.33. The van der Waals surface area contributed by atoms with Crippen LogP contribution in [-0.4, -0.2) is 17.2 Å². The van der Waals surface area contributed by atoms with Gasteiger partial charge in [-0.3, -0.25) is 9.69 Å². The van der Waals surface area contributed by atoms with Gasteiger partial charge < -0.3 is 5.11 Å². The lowest BCUT2D eigenvalue weighted by Crippen LogP contribution is -2.35. The van der Waals surface area contributed by atoms with Gasteiger partial charge in [0.1, 0.15) is 0 Å². The zero-order chi connectivity index (χ0) is 18.1. The van der Waals surface area contributed by atoms with Crippen LogP contribution in [0.5, 0.6) is 0 Å². The number of aliphatic hydroxyl groups is 1. The van der Waals surface area contributed by atoms with Crippen molar-refractivity contribution < 1.29 is 9.90 Å². The molecule has 3 aromatic carbocycles. The molecule has 0 saturated carbocycles. The summed E-state index contributed by atoms with van der Waals surface area (Å²) in [6, 6.07) is 25.8. The quantitative estimate of drug-likeness (QED) is 0.739. The topological polar surface area (TPSA) is 40.5 Å². The van der Waals surface area contributed by atoms with Crippen LogP contribution in [0.2, 0.25) is 5.02 Å². The number of hydrogen-bond acceptors (Lipinski definition) is 2. The SMILES string of the molecule is O=C1C(c2ccccc2)=C(c2ccccc2)C(O)N1c1ccc(Cl)cc1. The molecule has 0 aromatic heterocycles. The lowest BCUT2D eigenvalue weighted by Gasteiger charge is -2.23. The number of carbonyl (C=O) groups is 1. The van der Waals surface area contributed by atoms with Crippen molar-refractivity contribution >= 4 is 34.3 Å². The summed E-state index contributed by atoms with van der Waals surface area (Å²) in [6.45, 7) is 0. The molecule has 0 spiro atoms. The third-order valence-electron chi connectivity index (χ3n) is 4.46. The van der Waals surface area contributed by atoms with E-state index in [0.717, 1.165) is 11.1 Å². The van der Waals surface area contributed by atoms with Gasteiger partial charge in [-0.2, -0.15) is 0 Å². The average Bonchev–Trinajstić information content (AvgIpc) is 2.94. The highest BCUT2D eigenvalue weighted by Crippen LogP contribution is 2.40. The van der Waals surface area contributed by atoms with Crippen molar-refractivity contribution in [2.24, 2.45) is 0 Å². The smallest absolute Gasteiger partial charge is 0.261 e. The molecule has 1 atom stereocenters. The van der Waals surface area contributed by atoms with Gasteiger partial charge in [-0.15, -0.1) is 0 Å². The largest absolute Gasteiger partial charge is 0.369 e. The maximum absolute atomic E-state index is 13.3. The molecule has 1 amide bonds. The molecule has 4 heteroatoms. The zero-order valence-electron chi connectivity index (χ0n) is 13.8. The van der Waals surface area contributed by atoms with Gasteiger partial charge in [-0.05, 0) is 35.4 Å². The van der Waals surface area contributed by atoms with E-state index in [1.165, 1.54) is 4.90 Å². The Labute approximate surface area is 156 Å². The Balaban J connectivity index is 1.89. The van der Waals surface area contributed by atoms with Crippen LogP contribution in [0.25, 0.3) is 11.1 Å². The minimum Gasteiger partial charge on any atom is -0.369 e. The van der Waals surface area contributed by atoms with E-state index >= 15 is 0 Å². The summed E-state index contributed by atoms with van der Waals surface area (Å²) in [7, 11) is 0. The second kappa shape index (κ2) is 6.79. The highest BCUT2D eigenvalue weighted by molar-refractivity contribution is 6.37. The third-order valence-corrected chi connectivity index (χ3v) is 4.71. The highest BCUT2D eigenvalue weighted by atomic mass is 35.5. The van der Waals surface area contributed by atoms with E-state index in [1.54, 1.807) is 24.3 Å². The van der Waals surface area contributed by atoms with Crippen LogP contribution in [0, 0.1) is 0 Å². The number of anilines is 1. The van der Waals surface area contributed by atoms with Gasteiger partial charge >= 0.3 is 0 Å². The van der Waals surface area contributed by atoms with E-state index in [0.29, 0.717) is 21.9 Å². The monoisotopic (exact) mass is 361 g/mol. The third kappa shape index (κ3) is 2.81. The molecule has 0 bridgehead atoms. The Morgan fingerprint density at radius 3 is 1.88 bits per heavy atom. The number of nitrogens with zero attached hydrogens (tertiary/aromatic N) is 1. The average molecular weight is 362 g/mol. The molecule has 26 heavy (non-hydrogen) atoms. The summed E-state index contributed by atoms with van der Waals surface area (Å²) < 4.78 is 0. The van der Waals surface area contributed by atoms with Crippen molar-refractivity contribution in [2.45, 2.75) is 6.23 Å². The summed E-state index contributed by atoms with van der Waals surface area (Å²) >= 11 is 5.96. The van der Waals surface area contributed by atoms with Crippen LogP contribution < -0.4 is 4.90 Å². The molecule has 1 unspecified atom stereocenters. The lowest BCUT2D eigenvalue weighted by molar-refractivity contribution is -0.113. The maximum Gasteiger partial charge on any atom is 0.261 e. The number of hydrogen-bond donors (Lipinski definition) is 1. The number of aliphatic hydroxyl groups excluding tert-OH is 1. The molecule has 0 saturated heterocycles. The molecular weight excluding hydrogens is 346 g/mol. The predicted octanol–water partition coefficient (Wildman–Crippen LogP) is 4.62. The minimum absolute atomic E-state index is 0.232. The summed E-state index contributed by atoms with van der Waals surface area (Å²) in [6.07, 6.45) is -1.07. The maximum atomic E-state index is 13.3. The fourth-order valence-electron chi connectivity index (χ4n) is 3.26. The first-order valence-corrected chi connectivity index (χ1v) is 8.67. The Kier molecular flexibility index (Phi) is 4.33. The fourth-order valence-corrected chi connectivity index (χ4v) is 3.39. The van der Waals surface area contributed by atoms with Gasteiger partial charge in [0, 0.05) is 16.3 Å². The van der Waals surface area contributed by atoms with Gasteiger partial charge in [-0.25, -0.2) is 0 Å². The van der Waals surface area contributed by atoms with Crippen LogP contribution in [0.4, 0.5) is 5.69 Å². The lowest BCUT2D eigenvalue weighted by atomic mass is 9.96. The molecular formula is C22H16ClNO2. The first kappa shape index (κ1) is 16.6. The fraction of sp³-hybridized carbons (Fsp3) is 0.0455. The molecule has 0 aliphatic carbocycles. The second-order valence-corrected chi connectivity index (χ2v) is 6.48. The molecule has 1 N–H and O–H groups in total. The number of rotatable bonds is 3. The molecule has 1 aliphatic heterocycles. The van der Waals surface area contributed by atoms with E-state index in [1.807, 2.05) is 60.7 Å². The predicted molar refractivity (Wildman–Crippen MR) is 105 cm³/mol. The molecule has 128 valence electrons. The van der Waals surface area contributed by atoms with Crippen molar-refractivity contribution in [3.63, 3.8) is 0 Å². The van der Waals surface area contributed by atoms with E-state index in [-0.39, 0.29) is 5.91 Å². The molecule has 3 nitrogen and oxygen atoms in total. The van der Waals surface area contributed by atoms with E-state index in [2.05, 4.69) is 0 Å². The van der Waals surface area contributed by atoms with Crippen LogP contribution in [0.15, 0.2) is 84.9 Å². The molecule has 1 aliphatic rings. The van der Waals surface area contributed by atoms with Crippen LogP contribution in [-0.2, 0) is 4.79 Å². The van der Waals surface area contributed by atoms with Crippen LogP contribution in [0.3, 0.4) is 0 Å². The number of carbonyl (C=O) groups excluding carboxylic acids is 1. The first-order chi connectivity index (χ1) is 12.7. The number of amides is 1. The normalized spacial score (nSPS) is 17.1. The second-order valence-electron chi connectivity index (χ2n) is 6.05. The van der Waals surface area contributed by atoms with Crippen molar-refractivity contribution in [3.05, 3.63) is 101 Å². The number of halogens is 1. The first-order valence-electron chi connectivity index (χ1n) is 8.29. The van der Waals surface area contributed by atoms with Crippen molar-refractivity contribution in [2.75, 3.05) is 4.90 Å². The molecule has 1 heterocycles. The van der Waals surface area contributed by atoms with E-state index in [9.17, 15) is 9.90 Å². The van der Waals surface area contributed by atoms with Crippen molar-refractivity contribution in [1.29, 1.82) is 0 Å².